The van der Waals surface area contributed by atoms with Crippen molar-refractivity contribution in [3.8, 4) is 0 Å². The molecule has 1 N–H and O–H groups in total. The molecule has 25 heavy (non-hydrogen) atoms. The fraction of sp³-hybridized carbons (Fsp3) is 0. The molecule has 1 aromatic heterocycles. The number of allylic oxidation sites excluding steroid dienone is 7. The highest BCUT2D eigenvalue weighted by atomic mass is 15.1. The van der Waals surface area contributed by atoms with Gasteiger partial charge in [0.15, 0.2) is 0 Å². The lowest BCUT2D eigenvalue weighted by atomic mass is 9.90. The minimum Gasteiger partial charge on any atom is -0.278 e. The molecule has 0 unspecified atom stereocenters. The molecule has 2 heteroatoms. The summed E-state index contributed by atoms with van der Waals surface area (Å²) in [6.45, 7) is 7.95. The molecular formula is C23H18N2. The van der Waals surface area contributed by atoms with Gasteiger partial charge in [-0.15, -0.1) is 0 Å². The van der Waals surface area contributed by atoms with Gasteiger partial charge in [-0.3, -0.25) is 5.10 Å². The Kier molecular flexibility index (Phi) is 3.79. The standard InChI is InChI=1S/C23H18N2/c1-3-17-7-9-18(10-8-17)22-13-16(2)5-4-6-21(22)19-11-12-20-15-24-25-23(20)14-19/h3-15H,1-2H2,(H,24,25). The Morgan fingerprint density at radius 3 is 2.56 bits per heavy atom. The van der Waals surface area contributed by atoms with Crippen molar-refractivity contribution in [2.24, 2.45) is 0 Å². The lowest BCUT2D eigenvalue weighted by Gasteiger charge is -2.13. The number of fused-ring (bicyclic) bond motifs is 1. The van der Waals surface area contributed by atoms with Gasteiger partial charge in [0.2, 0.25) is 0 Å². The molecular weight excluding hydrogens is 304 g/mol. The third-order valence-electron chi connectivity index (χ3n) is 4.40. The molecule has 3 aromatic rings. The van der Waals surface area contributed by atoms with Crippen LogP contribution in [0, 0.1) is 0 Å². The largest absolute Gasteiger partial charge is 0.278 e. The van der Waals surface area contributed by atoms with Crippen LogP contribution in [0.5, 0.6) is 0 Å². The number of hydrogen-bond donors (Lipinski definition) is 1. The summed E-state index contributed by atoms with van der Waals surface area (Å²) in [5, 5.41) is 8.28. The molecule has 2 nitrogen and oxygen atoms in total. The molecule has 1 heterocycles. The number of rotatable bonds is 3. The molecule has 120 valence electrons. The van der Waals surface area contributed by atoms with Gasteiger partial charge in [-0.1, -0.05) is 73.9 Å². The maximum absolute atomic E-state index is 4.12. The summed E-state index contributed by atoms with van der Waals surface area (Å²) in [5.41, 5.74) is 7.76. The number of aromatic nitrogens is 2. The minimum atomic E-state index is 0.983. The maximum atomic E-state index is 4.12. The smallest absolute Gasteiger partial charge is 0.0656 e. The molecule has 0 fully saturated rings. The Labute approximate surface area is 147 Å². The van der Waals surface area contributed by atoms with Crippen LogP contribution in [0.2, 0.25) is 0 Å². The fourth-order valence-corrected chi connectivity index (χ4v) is 3.06. The van der Waals surface area contributed by atoms with Gasteiger partial charge in [0.25, 0.3) is 0 Å². The lowest BCUT2D eigenvalue weighted by Crippen LogP contribution is -1.91. The van der Waals surface area contributed by atoms with Crippen molar-refractivity contribution in [1.82, 2.24) is 10.2 Å². The van der Waals surface area contributed by atoms with E-state index in [0.29, 0.717) is 0 Å². The molecule has 0 saturated carbocycles. The molecule has 0 atom stereocenters. The van der Waals surface area contributed by atoms with Gasteiger partial charge in [0.1, 0.15) is 0 Å². The van der Waals surface area contributed by atoms with Crippen molar-refractivity contribution < 1.29 is 0 Å². The zero-order valence-electron chi connectivity index (χ0n) is 13.9. The van der Waals surface area contributed by atoms with E-state index >= 15 is 0 Å². The summed E-state index contributed by atoms with van der Waals surface area (Å²) in [4.78, 5) is 0. The first-order chi connectivity index (χ1) is 12.2. The molecule has 1 aliphatic rings. The number of nitrogens with zero attached hydrogens (tertiary/aromatic N) is 1. The normalized spacial score (nSPS) is 14.2. The average Bonchev–Trinajstić information content (AvgIpc) is 3.03. The Bertz CT molecular complexity index is 1060. The van der Waals surface area contributed by atoms with Gasteiger partial charge in [-0.25, -0.2) is 0 Å². The Morgan fingerprint density at radius 1 is 0.960 bits per heavy atom. The van der Waals surface area contributed by atoms with E-state index < -0.39 is 0 Å². The molecule has 1 aliphatic carbocycles. The molecule has 0 saturated heterocycles. The highest BCUT2D eigenvalue weighted by molar-refractivity contribution is 6.07. The molecule has 0 amide bonds. The van der Waals surface area contributed by atoms with E-state index in [1.807, 2.05) is 18.3 Å². The van der Waals surface area contributed by atoms with Crippen LogP contribution in [0.4, 0.5) is 0 Å². The number of benzene rings is 2. The first-order valence-electron chi connectivity index (χ1n) is 8.20. The number of aromatic amines is 1. The molecule has 2 aromatic carbocycles. The van der Waals surface area contributed by atoms with E-state index in [9.17, 15) is 0 Å². The van der Waals surface area contributed by atoms with Crippen LogP contribution in [-0.4, -0.2) is 10.2 Å². The van der Waals surface area contributed by atoms with Crippen molar-refractivity contribution in [2.45, 2.75) is 0 Å². The van der Waals surface area contributed by atoms with Crippen molar-refractivity contribution in [3.05, 3.63) is 108 Å². The van der Waals surface area contributed by atoms with Crippen LogP contribution >= 0.6 is 0 Å². The van der Waals surface area contributed by atoms with Gasteiger partial charge in [-0.2, -0.15) is 5.10 Å². The second kappa shape index (κ2) is 6.25. The maximum Gasteiger partial charge on any atom is 0.0656 e. The number of H-pyrrole nitrogens is 1. The van der Waals surface area contributed by atoms with Crippen LogP contribution in [0.1, 0.15) is 16.7 Å². The predicted octanol–water partition coefficient (Wildman–Crippen LogP) is 5.80. The summed E-state index contributed by atoms with van der Waals surface area (Å²) in [7, 11) is 0. The highest BCUT2D eigenvalue weighted by Crippen LogP contribution is 2.35. The van der Waals surface area contributed by atoms with Crippen molar-refractivity contribution in [2.75, 3.05) is 0 Å². The predicted molar refractivity (Wildman–Crippen MR) is 107 cm³/mol. The van der Waals surface area contributed by atoms with E-state index in [1.54, 1.807) is 0 Å². The lowest BCUT2D eigenvalue weighted by molar-refractivity contribution is 1.12. The molecule has 4 rings (SSSR count). The summed E-state index contributed by atoms with van der Waals surface area (Å²) >= 11 is 0. The third-order valence-corrected chi connectivity index (χ3v) is 4.40. The van der Waals surface area contributed by atoms with Crippen molar-refractivity contribution in [3.63, 3.8) is 0 Å². The highest BCUT2D eigenvalue weighted by Gasteiger charge is 2.13. The first-order valence-corrected chi connectivity index (χ1v) is 8.20. The Balaban J connectivity index is 1.85. The van der Waals surface area contributed by atoms with Gasteiger partial charge < -0.3 is 0 Å². The van der Waals surface area contributed by atoms with Crippen LogP contribution in [0.15, 0.2) is 91.7 Å². The van der Waals surface area contributed by atoms with Crippen LogP contribution < -0.4 is 0 Å². The second-order valence-corrected chi connectivity index (χ2v) is 6.07. The van der Waals surface area contributed by atoms with Crippen molar-refractivity contribution >= 4 is 28.1 Å². The SMILES string of the molecule is C=Cc1ccc(C2=CC(=C)C=CC=C2c2ccc3cn[nH]c3c2)cc1. The monoisotopic (exact) mass is 322 g/mol. The molecule has 0 aliphatic heterocycles. The number of hydrogen-bond acceptors (Lipinski definition) is 1. The zero-order chi connectivity index (χ0) is 17.2. The van der Waals surface area contributed by atoms with E-state index in [4.69, 9.17) is 0 Å². The Morgan fingerprint density at radius 2 is 1.76 bits per heavy atom. The molecule has 0 bridgehead atoms. The van der Waals surface area contributed by atoms with E-state index in [0.717, 1.165) is 44.3 Å². The van der Waals surface area contributed by atoms with Crippen molar-refractivity contribution in [1.29, 1.82) is 0 Å². The van der Waals surface area contributed by atoms with E-state index in [2.05, 4.69) is 84.0 Å². The van der Waals surface area contributed by atoms with Crippen LogP contribution in [0.25, 0.3) is 28.1 Å². The summed E-state index contributed by atoms with van der Waals surface area (Å²) in [6.07, 6.45) is 12.1. The van der Waals surface area contributed by atoms with Gasteiger partial charge >= 0.3 is 0 Å². The summed E-state index contributed by atoms with van der Waals surface area (Å²) in [6, 6.07) is 14.8. The minimum absolute atomic E-state index is 0.983. The second-order valence-electron chi connectivity index (χ2n) is 6.07. The quantitative estimate of drug-likeness (QED) is 0.648. The zero-order valence-corrected chi connectivity index (χ0v) is 13.9. The van der Waals surface area contributed by atoms with E-state index in [1.165, 1.54) is 0 Å². The van der Waals surface area contributed by atoms with Crippen LogP contribution in [-0.2, 0) is 0 Å². The summed E-state index contributed by atoms with van der Waals surface area (Å²) < 4.78 is 0. The molecule has 0 radical (unpaired) electrons. The third kappa shape index (κ3) is 2.90. The number of nitrogens with one attached hydrogen (secondary N) is 1. The summed E-state index contributed by atoms with van der Waals surface area (Å²) in [5.74, 6) is 0. The average molecular weight is 322 g/mol. The van der Waals surface area contributed by atoms with Gasteiger partial charge in [0, 0.05) is 5.39 Å². The Hall–Kier alpha value is -3.39. The molecule has 0 spiro atoms. The fourth-order valence-electron chi connectivity index (χ4n) is 3.06. The first kappa shape index (κ1) is 15.2. The topological polar surface area (TPSA) is 28.7 Å². The van der Waals surface area contributed by atoms with Crippen LogP contribution in [0.3, 0.4) is 0 Å². The van der Waals surface area contributed by atoms with Gasteiger partial charge in [0.05, 0.1) is 11.7 Å². The van der Waals surface area contributed by atoms with E-state index in [-0.39, 0.29) is 0 Å². The van der Waals surface area contributed by atoms with Gasteiger partial charge in [-0.05, 0) is 45.6 Å².